The number of hydrogen-bond acceptors (Lipinski definition) is 5. The quantitative estimate of drug-likeness (QED) is 0.761. The molecule has 126 valence electrons. The van der Waals surface area contributed by atoms with Gasteiger partial charge in [-0.3, -0.25) is 14.6 Å². The molecule has 8 heteroatoms. The molecule has 0 spiro atoms. The third-order valence-electron chi connectivity index (χ3n) is 3.23. The molecule has 2 N–H and O–H groups in total. The monoisotopic (exact) mass is 340 g/mol. The Labute approximate surface area is 141 Å². The van der Waals surface area contributed by atoms with Gasteiger partial charge in [0, 0.05) is 24.1 Å². The number of halogens is 1. The molecular weight excluding hydrogens is 327 g/mol. The number of hydrogen-bond donors (Lipinski definition) is 2. The van der Waals surface area contributed by atoms with Crippen molar-refractivity contribution < 1.29 is 18.5 Å². The predicted octanol–water partition coefficient (Wildman–Crippen LogP) is 3.02. The predicted molar refractivity (Wildman–Crippen MR) is 87.8 cm³/mol. The van der Waals surface area contributed by atoms with Crippen molar-refractivity contribution in [2.24, 2.45) is 0 Å². The number of nitrogens with zero attached hydrogens (tertiary/aromatic N) is 2. The minimum atomic E-state index is -0.475. The molecule has 0 bridgehead atoms. The minimum Gasteiger partial charge on any atom is -0.360 e. The summed E-state index contributed by atoms with van der Waals surface area (Å²) in [6.07, 6.45) is 2.66. The first-order valence-corrected chi connectivity index (χ1v) is 7.28. The van der Waals surface area contributed by atoms with Crippen molar-refractivity contribution in [1.29, 1.82) is 0 Å². The van der Waals surface area contributed by atoms with Gasteiger partial charge in [-0.1, -0.05) is 5.16 Å². The maximum atomic E-state index is 12.9. The minimum absolute atomic E-state index is 0.187. The van der Waals surface area contributed by atoms with Gasteiger partial charge in [0.25, 0.3) is 11.8 Å². The molecule has 0 radical (unpaired) electrons. The van der Waals surface area contributed by atoms with E-state index in [9.17, 15) is 14.0 Å². The molecule has 2 aromatic heterocycles. The standard InChI is InChI=1S/C17H13FN4O3/c1-10-6-15(22-25-10)21-17(24)12-7-11(8-19-9-12)16(23)20-14-4-2-13(18)3-5-14/h2-9H,1H3,(H,20,23)(H,21,22,24). The molecule has 25 heavy (non-hydrogen) atoms. The Morgan fingerprint density at radius 2 is 1.64 bits per heavy atom. The van der Waals surface area contributed by atoms with Crippen LogP contribution in [0.15, 0.2) is 53.3 Å². The lowest BCUT2D eigenvalue weighted by Gasteiger charge is -2.06. The number of benzene rings is 1. The Morgan fingerprint density at radius 3 is 2.24 bits per heavy atom. The second kappa shape index (κ2) is 6.91. The summed E-state index contributed by atoms with van der Waals surface area (Å²) in [5.74, 6) is -0.519. The Bertz CT molecular complexity index is 922. The number of amides is 2. The molecule has 0 atom stereocenters. The summed E-state index contributed by atoms with van der Waals surface area (Å²) in [4.78, 5) is 28.3. The van der Waals surface area contributed by atoms with Crippen molar-refractivity contribution in [1.82, 2.24) is 10.1 Å². The van der Waals surface area contributed by atoms with Gasteiger partial charge in [0.15, 0.2) is 5.82 Å². The summed E-state index contributed by atoms with van der Waals surface area (Å²) in [5.41, 5.74) is 0.806. The van der Waals surface area contributed by atoms with Crippen LogP contribution < -0.4 is 10.6 Å². The summed E-state index contributed by atoms with van der Waals surface area (Å²) in [6.45, 7) is 1.70. The highest BCUT2D eigenvalue weighted by Gasteiger charge is 2.13. The zero-order valence-corrected chi connectivity index (χ0v) is 13.1. The molecule has 0 fully saturated rings. The Morgan fingerprint density at radius 1 is 1.00 bits per heavy atom. The van der Waals surface area contributed by atoms with Crippen molar-refractivity contribution in [3.05, 3.63) is 71.5 Å². The maximum Gasteiger partial charge on any atom is 0.258 e. The Balaban J connectivity index is 1.72. The molecule has 2 heterocycles. The second-order valence-electron chi connectivity index (χ2n) is 5.20. The van der Waals surface area contributed by atoms with Crippen LogP contribution in [0.2, 0.25) is 0 Å². The maximum absolute atomic E-state index is 12.9. The van der Waals surface area contributed by atoms with Gasteiger partial charge < -0.3 is 15.2 Å². The highest BCUT2D eigenvalue weighted by atomic mass is 19.1. The van der Waals surface area contributed by atoms with Crippen LogP contribution in [-0.4, -0.2) is 22.0 Å². The van der Waals surface area contributed by atoms with E-state index >= 15 is 0 Å². The first-order valence-electron chi connectivity index (χ1n) is 7.28. The lowest BCUT2D eigenvalue weighted by Crippen LogP contribution is -2.16. The van der Waals surface area contributed by atoms with E-state index in [1.165, 1.54) is 42.7 Å². The van der Waals surface area contributed by atoms with E-state index in [0.717, 1.165) is 0 Å². The first kappa shape index (κ1) is 16.3. The number of pyridine rings is 1. The third-order valence-corrected chi connectivity index (χ3v) is 3.23. The van der Waals surface area contributed by atoms with E-state index in [-0.39, 0.29) is 16.9 Å². The molecule has 2 amide bonds. The molecule has 0 unspecified atom stereocenters. The van der Waals surface area contributed by atoms with Crippen LogP contribution in [0.5, 0.6) is 0 Å². The SMILES string of the molecule is Cc1cc(NC(=O)c2cncc(C(=O)Nc3ccc(F)cc3)c2)no1. The largest absolute Gasteiger partial charge is 0.360 e. The summed E-state index contributed by atoms with van der Waals surface area (Å²) in [7, 11) is 0. The normalized spacial score (nSPS) is 10.3. The molecule has 0 aliphatic heterocycles. The number of aromatic nitrogens is 2. The Kier molecular flexibility index (Phi) is 4.51. The fourth-order valence-corrected chi connectivity index (χ4v) is 2.04. The highest BCUT2D eigenvalue weighted by Crippen LogP contribution is 2.13. The van der Waals surface area contributed by atoms with Crippen molar-refractivity contribution >= 4 is 23.3 Å². The lowest BCUT2D eigenvalue weighted by molar-refractivity contribution is 0.102. The van der Waals surface area contributed by atoms with E-state index in [1.807, 2.05) is 0 Å². The summed E-state index contributed by atoms with van der Waals surface area (Å²) in [6, 6.07) is 8.30. The summed E-state index contributed by atoms with van der Waals surface area (Å²) in [5, 5.41) is 8.81. The van der Waals surface area contributed by atoms with Crippen LogP contribution in [0.1, 0.15) is 26.5 Å². The van der Waals surface area contributed by atoms with Gasteiger partial charge in [-0.25, -0.2) is 4.39 Å². The van der Waals surface area contributed by atoms with Gasteiger partial charge in [0.2, 0.25) is 0 Å². The third kappa shape index (κ3) is 4.05. The molecule has 3 aromatic rings. The lowest BCUT2D eigenvalue weighted by atomic mass is 10.2. The molecule has 3 rings (SSSR count). The van der Waals surface area contributed by atoms with Gasteiger partial charge in [-0.15, -0.1) is 0 Å². The zero-order valence-electron chi connectivity index (χ0n) is 13.1. The second-order valence-corrected chi connectivity index (χ2v) is 5.20. The number of carbonyl (C=O) groups excluding carboxylic acids is 2. The van der Waals surface area contributed by atoms with E-state index < -0.39 is 17.6 Å². The number of anilines is 2. The summed E-state index contributed by atoms with van der Waals surface area (Å²) < 4.78 is 17.8. The molecule has 0 aliphatic rings. The van der Waals surface area contributed by atoms with Crippen LogP contribution in [0.3, 0.4) is 0 Å². The van der Waals surface area contributed by atoms with Crippen molar-refractivity contribution in [3.8, 4) is 0 Å². The summed E-state index contributed by atoms with van der Waals surface area (Å²) >= 11 is 0. The Hall–Kier alpha value is -3.55. The molecule has 1 aromatic carbocycles. The average molecular weight is 340 g/mol. The van der Waals surface area contributed by atoms with Gasteiger partial charge in [0.1, 0.15) is 11.6 Å². The molecular formula is C17H13FN4O3. The van der Waals surface area contributed by atoms with E-state index in [1.54, 1.807) is 13.0 Å². The number of nitrogens with one attached hydrogen (secondary N) is 2. The number of aryl methyl sites for hydroxylation is 1. The fraction of sp³-hybridized carbons (Fsp3) is 0.0588. The van der Waals surface area contributed by atoms with Gasteiger partial charge in [0.05, 0.1) is 11.1 Å². The zero-order chi connectivity index (χ0) is 17.8. The van der Waals surface area contributed by atoms with Gasteiger partial charge in [-0.2, -0.15) is 0 Å². The number of rotatable bonds is 4. The molecule has 0 aliphatic carbocycles. The van der Waals surface area contributed by atoms with Crippen molar-refractivity contribution in [2.45, 2.75) is 6.92 Å². The topological polar surface area (TPSA) is 97.1 Å². The van der Waals surface area contributed by atoms with E-state index in [0.29, 0.717) is 11.4 Å². The fourth-order valence-electron chi connectivity index (χ4n) is 2.04. The molecule has 0 saturated carbocycles. The van der Waals surface area contributed by atoms with Crippen LogP contribution in [0, 0.1) is 12.7 Å². The average Bonchev–Trinajstić information content (AvgIpc) is 3.02. The smallest absolute Gasteiger partial charge is 0.258 e. The molecule has 7 nitrogen and oxygen atoms in total. The van der Waals surface area contributed by atoms with Crippen LogP contribution in [0.4, 0.5) is 15.9 Å². The van der Waals surface area contributed by atoms with Gasteiger partial charge in [-0.05, 0) is 37.3 Å². The first-order chi connectivity index (χ1) is 12.0. The number of carbonyl (C=O) groups is 2. The van der Waals surface area contributed by atoms with Crippen LogP contribution in [0.25, 0.3) is 0 Å². The van der Waals surface area contributed by atoms with Crippen LogP contribution >= 0.6 is 0 Å². The highest BCUT2D eigenvalue weighted by molar-refractivity contribution is 6.08. The van der Waals surface area contributed by atoms with Crippen molar-refractivity contribution in [3.63, 3.8) is 0 Å². The van der Waals surface area contributed by atoms with Gasteiger partial charge >= 0.3 is 0 Å². The van der Waals surface area contributed by atoms with Crippen LogP contribution in [-0.2, 0) is 0 Å². The molecule has 0 saturated heterocycles. The van der Waals surface area contributed by atoms with Crippen molar-refractivity contribution in [2.75, 3.05) is 10.6 Å². The van der Waals surface area contributed by atoms with E-state index in [2.05, 4.69) is 20.8 Å². The van der Waals surface area contributed by atoms with E-state index in [4.69, 9.17) is 4.52 Å².